The zero-order chi connectivity index (χ0) is 10.0. The minimum absolute atomic E-state index is 0.141. The van der Waals surface area contributed by atoms with E-state index in [2.05, 4.69) is 36.8 Å². The van der Waals surface area contributed by atoms with E-state index in [4.69, 9.17) is 0 Å². The number of nitrogens with zero attached hydrogens (tertiary/aromatic N) is 1. The lowest BCUT2D eigenvalue weighted by atomic mass is 10.2. The van der Waals surface area contributed by atoms with Crippen LogP contribution in [0, 0.1) is 6.92 Å². The monoisotopic (exact) mass is 313 g/mol. The lowest BCUT2D eigenvalue weighted by molar-refractivity contribution is 0.145. The van der Waals surface area contributed by atoms with Crippen molar-refractivity contribution in [2.75, 3.05) is 0 Å². The van der Waals surface area contributed by atoms with E-state index in [1.807, 2.05) is 0 Å². The van der Waals surface area contributed by atoms with Gasteiger partial charge in [0.15, 0.2) is 0 Å². The third-order valence-corrected chi connectivity index (χ3v) is 2.83. The molecular weight excluding hydrogens is 308 g/mol. The van der Waals surface area contributed by atoms with Crippen molar-refractivity contribution < 1.29 is 8.78 Å². The van der Waals surface area contributed by atoms with Gasteiger partial charge in [-0.2, -0.15) is 0 Å². The Hall–Kier alpha value is -0.0300. The van der Waals surface area contributed by atoms with Crippen molar-refractivity contribution in [3.8, 4) is 0 Å². The Morgan fingerprint density at radius 3 is 2.62 bits per heavy atom. The average Bonchev–Trinajstić information content (AvgIpc) is 2.03. The first-order valence-electron chi connectivity index (χ1n) is 3.56. The van der Waals surface area contributed by atoms with Crippen molar-refractivity contribution in [3.05, 3.63) is 27.5 Å². The normalized spacial score (nSPS) is 10.9. The predicted molar refractivity (Wildman–Crippen MR) is 54.3 cm³/mol. The molecule has 0 aliphatic rings. The van der Waals surface area contributed by atoms with Gasteiger partial charge >= 0.3 is 0 Å². The first-order valence-corrected chi connectivity index (χ1v) is 5.47. The van der Waals surface area contributed by atoms with Crippen LogP contribution < -0.4 is 0 Å². The number of halogens is 4. The Morgan fingerprint density at radius 2 is 2.15 bits per heavy atom. The van der Waals surface area contributed by atoms with Crippen LogP contribution in [0.4, 0.5) is 8.78 Å². The zero-order valence-electron chi connectivity index (χ0n) is 6.82. The van der Waals surface area contributed by atoms with Crippen LogP contribution in [0.2, 0.25) is 0 Å². The third-order valence-electron chi connectivity index (χ3n) is 1.61. The van der Waals surface area contributed by atoms with Gasteiger partial charge in [-0.3, -0.25) is 0 Å². The summed E-state index contributed by atoms with van der Waals surface area (Å²) < 4.78 is 25.5. The van der Waals surface area contributed by atoms with Crippen molar-refractivity contribution >= 4 is 31.9 Å². The fraction of sp³-hybridized carbons (Fsp3) is 0.375. The summed E-state index contributed by atoms with van der Waals surface area (Å²) >= 11 is 6.43. The van der Waals surface area contributed by atoms with Crippen molar-refractivity contribution in [2.45, 2.75) is 18.7 Å². The standard InChI is InChI=1S/C8H7Br2F2N/c1-4-2-5(10)6(3-9)13-7(4)8(11)12/h2,8H,3H2,1H3. The summed E-state index contributed by atoms with van der Waals surface area (Å²) in [6, 6.07) is 1.66. The number of aromatic nitrogens is 1. The summed E-state index contributed by atoms with van der Waals surface area (Å²) in [6.07, 6.45) is -2.51. The molecule has 0 atom stereocenters. The molecule has 0 spiro atoms. The molecule has 0 saturated heterocycles. The van der Waals surface area contributed by atoms with Gasteiger partial charge in [-0.15, -0.1) is 0 Å². The van der Waals surface area contributed by atoms with Crippen LogP contribution in [-0.2, 0) is 5.33 Å². The molecule has 0 aromatic carbocycles. The van der Waals surface area contributed by atoms with Crippen molar-refractivity contribution in [2.24, 2.45) is 0 Å². The molecule has 1 rings (SSSR count). The molecule has 0 unspecified atom stereocenters. The first kappa shape index (κ1) is 11.0. The number of aryl methyl sites for hydroxylation is 1. The summed E-state index contributed by atoms with van der Waals surface area (Å²) in [6.45, 7) is 1.62. The molecule has 0 fully saturated rings. The lowest BCUT2D eigenvalue weighted by Gasteiger charge is -2.07. The number of rotatable bonds is 2. The van der Waals surface area contributed by atoms with Crippen LogP contribution in [0.15, 0.2) is 10.5 Å². The van der Waals surface area contributed by atoms with E-state index in [0.717, 1.165) is 4.47 Å². The van der Waals surface area contributed by atoms with Crippen molar-refractivity contribution in [1.29, 1.82) is 0 Å². The van der Waals surface area contributed by atoms with E-state index in [-0.39, 0.29) is 5.69 Å². The largest absolute Gasteiger partial charge is 0.280 e. The Kier molecular flexibility index (Phi) is 3.79. The summed E-state index contributed by atoms with van der Waals surface area (Å²) in [7, 11) is 0. The van der Waals surface area contributed by atoms with Crippen LogP contribution in [-0.4, -0.2) is 4.98 Å². The van der Waals surface area contributed by atoms with E-state index >= 15 is 0 Å². The molecule has 1 heterocycles. The Labute approximate surface area is 91.8 Å². The van der Waals surface area contributed by atoms with E-state index in [9.17, 15) is 8.78 Å². The molecule has 0 radical (unpaired) electrons. The molecule has 72 valence electrons. The molecule has 1 aromatic rings. The number of hydrogen-bond acceptors (Lipinski definition) is 1. The second-order valence-corrected chi connectivity index (χ2v) is 3.97. The van der Waals surface area contributed by atoms with E-state index in [1.54, 1.807) is 13.0 Å². The van der Waals surface area contributed by atoms with Crippen LogP contribution in [0.25, 0.3) is 0 Å². The van der Waals surface area contributed by atoms with E-state index in [1.165, 1.54) is 0 Å². The summed E-state index contributed by atoms with van der Waals surface area (Å²) in [5.41, 5.74) is 0.963. The molecule has 13 heavy (non-hydrogen) atoms. The zero-order valence-corrected chi connectivity index (χ0v) is 9.99. The highest BCUT2D eigenvalue weighted by molar-refractivity contribution is 9.10. The van der Waals surface area contributed by atoms with E-state index in [0.29, 0.717) is 16.6 Å². The summed E-state index contributed by atoms with van der Waals surface area (Å²) in [5, 5.41) is 0.466. The molecule has 0 aliphatic carbocycles. The Bertz CT molecular complexity index is 315. The fourth-order valence-electron chi connectivity index (χ4n) is 0.949. The van der Waals surface area contributed by atoms with Gasteiger partial charge in [0.1, 0.15) is 5.69 Å². The molecule has 0 bridgehead atoms. The third kappa shape index (κ3) is 2.47. The minimum Gasteiger partial charge on any atom is -0.250 e. The second kappa shape index (κ2) is 4.46. The average molecular weight is 315 g/mol. The van der Waals surface area contributed by atoms with Gasteiger partial charge in [0.05, 0.1) is 5.69 Å². The van der Waals surface area contributed by atoms with Gasteiger partial charge < -0.3 is 0 Å². The molecular formula is C8H7Br2F2N. The van der Waals surface area contributed by atoms with Gasteiger partial charge in [0, 0.05) is 9.80 Å². The van der Waals surface area contributed by atoms with Crippen LogP contribution >= 0.6 is 31.9 Å². The quantitative estimate of drug-likeness (QED) is 0.752. The molecule has 1 aromatic heterocycles. The Balaban J connectivity index is 3.22. The predicted octanol–water partition coefficient (Wildman–Crippen LogP) is 3.99. The topological polar surface area (TPSA) is 12.9 Å². The number of hydrogen-bond donors (Lipinski definition) is 0. The lowest BCUT2D eigenvalue weighted by Crippen LogP contribution is -1.99. The molecule has 0 saturated carbocycles. The van der Waals surface area contributed by atoms with Gasteiger partial charge in [-0.05, 0) is 34.5 Å². The molecule has 5 heteroatoms. The smallest absolute Gasteiger partial charge is 0.250 e. The SMILES string of the molecule is Cc1cc(Br)c(CBr)nc1C(F)F. The summed E-state index contributed by atoms with van der Waals surface area (Å²) in [5.74, 6) is 0. The van der Waals surface area contributed by atoms with Crippen LogP contribution in [0.3, 0.4) is 0 Å². The fourth-order valence-corrected chi connectivity index (χ4v) is 2.32. The molecule has 0 amide bonds. The summed E-state index contributed by atoms with van der Waals surface area (Å²) in [4.78, 5) is 3.85. The molecule has 0 N–H and O–H groups in total. The highest BCUT2D eigenvalue weighted by Crippen LogP contribution is 2.26. The van der Waals surface area contributed by atoms with Gasteiger partial charge in [0.25, 0.3) is 6.43 Å². The van der Waals surface area contributed by atoms with Gasteiger partial charge in [0.2, 0.25) is 0 Å². The minimum atomic E-state index is -2.51. The maximum Gasteiger partial charge on any atom is 0.280 e. The highest BCUT2D eigenvalue weighted by Gasteiger charge is 2.14. The molecule has 0 aliphatic heterocycles. The maximum absolute atomic E-state index is 12.4. The van der Waals surface area contributed by atoms with Crippen LogP contribution in [0.1, 0.15) is 23.4 Å². The van der Waals surface area contributed by atoms with Crippen LogP contribution in [0.5, 0.6) is 0 Å². The second-order valence-electron chi connectivity index (χ2n) is 2.55. The number of alkyl halides is 3. The highest BCUT2D eigenvalue weighted by atomic mass is 79.9. The van der Waals surface area contributed by atoms with Gasteiger partial charge in [-0.25, -0.2) is 13.8 Å². The maximum atomic E-state index is 12.4. The number of pyridine rings is 1. The Morgan fingerprint density at radius 1 is 1.54 bits per heavy atom. The van der Waals surface area contributed by atoms with Gasteiger partial charge in [-0.1, -0.05) is 15.9 Å². The molecule has 1 nitrogen and oxygen atoms in total. The first-order chi connectivity index (χ1) is 6.06. The van der Waals surface area contributed by atoms with Crippen molar-refractivity contribution in [1.82, 2.24) is 4.98 Å². The van der Waals surface area contributed by atoms with E-state index < -0.39 is 6.43 Å². The van der Waals surface area contributed by atoms with Crippen molar-refractivity contribution in [3.63, 3.8) is 0 Å².